The van der Waals surface area contributed by atoms with Gasteiger partial charge in [-0.3, -0.25) is 9.78 Å². The molecule has 0 spiro atoms. The van der Waals surface area contributed by atoms with Gasteiger partial charge in [-0.25, -0.2) is 0 Å². The molecule has 31 heavy (non-hydrogen) atoms. The molecule has 2 heterocycles. The minimum Gasteiger partial charge on any atom is -0.493 e. The molecule has 0 aliphatic carbocycles. The van der Waals surface area contributed by atoms with Crippen molar-refractivity contribution in [2.24, 2.45) is 5.92 Å². The maximum Gasteiger partial charge on any atom is 0.251 e. The fourth-order valence-electron chi connectivity index (χ4n) is 2.97. The molecule has 1 aromatic carbocycles. The van der Waals surface area contributed by atoms with Gasteiger partial charge in [-0.2, -0.15) is 0 Å². The molecule has 3 rings (SSSR count). The number of ether oxygens (including phenoxy) is 2. The van der Waals surface area contributed by atoms with Crippen molar-refractivity contribution < 1.29 is 14.3 Å². The van der Waals surface area contributed by atoms with Gasteiger partial charge in [0, 0.05) is 30.3 Å². The highest BCUT2D eigenvalue weighted by atomic mass is 32.2. The van der Waals surface area contributed by atoms with Crippen LogP contribution in [0.3, 0.4) is 0 Å². The molecule has 0 fully saturated rings. The Balaban J connectivity index is 1.70. The first-order valence-corrected chi connectivity index (χ1v) is 10.9. The molecular weight excluding hydrogens is 414 g/mol. The van der Waals surface area contributed by atoms with Crippen LogP contribution in [0.15, 0.2) is 47.9 Å². The predicted octanol–water partition coefficient (Wildman–Crippen LogP) is 3.57. The second kappa shape index (κ2) is 10.8. The fraction of sp³-hybridized carbons (Fsp3) is 0.364. The monoisotopic (exact) mass is 441 g/mol. The molecule has 1 amide bonds. The molecule has 1 N–H and O–H groups in total. The Kier molecular flexibility index (Phi) is 7.88. The minimum absolute atomic E-state index is 0.217. The van der Waals surface area contributed by atoms with Gasteiger partial charge in [-0.1, -0.05) is 25.6 Å². The number of hydrogen-bond acceptors (Lipinski definition) is 7. The molecule has 0 atom stereocenters. The number of benzene rings is 1. The SMILES string of the molecule is COc1ccc(C(=O)NCc2nnc(SCc3ccncc3)n2CC(C)C)cc1OC. The molecule has 8 nitrogen and oxygen atoms in total. The van der Waals surface area contributed by atoms with Gasteiger partial charge >= 0.3 is 0 Å². The van der Waals surface area contributed by atoms with Crippen molar-refractivity contribution in [3.63, 3.8) is 0 Å². The van der Waals surface area contributed by atoms with E-state index in [-0.39, 0.29) is 12.5 Å². The van der Waals surface area contributed by atoms with Crippen LogP contribution < -0.4 is 14.8 Å². The van der Waals surface area contributed by atoms with Crippen molar-refractivity contribution >= 4 is 17.7 Å². The van der Waals surface area contributed by atoms with E-state index < -0.39 is 0 Å². The first kappa shape index (κ1) is 22.6. The van der Waals surface area contributed by atoms with Gasteiger partial charge in [0.15, 0.2) is 22.5 Å². The number of carbonyl (C=O) groups excluding carboxylic acids is 1. The summed E-state index contributed by atoms with van der Waals surface area (Å²) in [5.74, 6) is 2.78. The Labute approximate surface area is 186 Å². The number of rotatable bonds is 10. The third-order valence-corrected chi connectivity index (χ3v) is 5.55. The molecule has 3 aromatic rings. The second-order valence-electron chi connectivity index (χ2n) is 7.30. The van der Waals surface area contributed by atoms with E-state index in [1.807, 2.05) is 12.1 Å². The van der Waals surface area contributed by atoms with Crippen molar-refractivity contribution in [3.8, 4) is 11.5 Å². The van der Waals surface area contributed by atoms with Gasteiger partial charge in [0.2, 0.25) is 0 Å². The van der Waals surface area contributed by atoms with E-state index in [1.165, 1.54) is 5.56 Å². The number of pyridine rings is 1. The molecule has 0 unspecified atom stereocenters. The van der Waals surface area contributed by atoms with Crippen LogP contribution >= 0.6 is 11.8 Å². The van der Waals surface area contributed by atoms with Gasteiger partial charge in [-0.05, 0) is 41.8 Å². The lowest BCUT2D eigenvalue weighted by atomic mass is 10.2. The zero-order valence-corrected chi connectivity index (χ0v) is 19.0. The summed E-state index contributed by atoms with van der Waals surface area (Å²) in [7, 11) is 3.10. The zero-order valence-electron chi connectivity index (χ0n) is 18.2. The summed E-state index contributed by atoms with van der Waals surface area (Å²) in [6.07, 6.45) is 3.56. The van der Waals surface area contributed by atoms with E-state index in [0.29, 0.717) is 23.0 Å². The summed E-state index contributed by atoms with van der Waals surface area (Å²) in [5, 5.41) is 12.4. The summed E-state index contributed by atoms with van der Waals surface area (Å²) >= 11 is 1.62. The smallest absolute Gasteiger partial charge is 0.251 e. The molecule has 164 valence electrons. The van der Waals surface area contributed by atoms with Crippen LogP contribution in [-0.2, 0) is 18.8 Å². The first-order chi connectivity index (χ1) is 15.0. The Morgan fingerprint density at radius 2 is 1.84 bits per heavy atom. The van der Waals surface area contributed by atoms with Crippen molar-refractivity contribution in [1.82, 2.24) is 25.1 Å². The number of nitrogens with one attached hydrogen (secondary N) is 1. The summed E-state index contributed by atoms with van der Waals surface area (Å²) in [6.45, 7) is 5.34. The zero-order chi connectivity index (χ0) is 22.2. The minimum atomic E-state index is -0.217. The molecule has 9 heteroatoms. The maximum absolute atomic E-state index is 12.7. The number of hydrogen-bond donors (Lipinski definition) is 1. The van der Waals surface area contributed by atoms with Crippen LogP contribution in [0.25, 0.3) is 0 Å². The number of nitrogens with zero attached hydrogens (tertiary/aromatic N) is 4. The highest BCUT2D eigenvalue weighted by molar-refractivity contribution is 7.98. The van der Waals surface area contributed by atoms with Crippen LogP contribution in [0.2, 0.25) is 0 Å². The second-order valence-corrected chi connectivity index (χ2v) is 8.24. The number of carbonyl (C=O) groups is 1. The van der Waals surface area contributed by atoms with Crippen molar-refractivity contribution in [2.45, 2.75) is 37.8 Å². The van der Waals surface area contributed by atoms with E-state index >= 15 is 0 Å². The normalized spacial score (nSPS) is 10.9. The lowest BCUT2D eigenvalue weighted by Gasteiger charge is -2.13. The Bertz CT molecular complexity index is 1010. The predicted molar refractivity (Wildman–Crippen MR) is 119 cm³/mol. The van der Waals surface area contributed by atoms with E-state index in [0.717, 1.165) is 23.3 Å². The van der Waals surface area contributed by atoms with Gasteiger partial charge in [0.05, 0.1) is 20.8 Å². The molecule has 0 saturated heterocycles. The number of aromatic nitrogens is 4. The van der Waals surface area contributed by atoms with Crippen LogP contribution in [0.5, 0.6) is 11.5 Å². The van der Waals surface area contributed by atoms with Crippen LogP contribution in [0.4, 0.5) is 0 Å². The topological polar surface area (TPSA) is 91.2 Å². The third-order valence-electron chi connectivity index (χ3n) is 4.51. The highest BCUT2D eigenvalue weighted by Crippen LogP contribution is 2.27. The van der Waals surface area contributed by atoms with Crippen LogP contribution in [0.1, 0.15) is 35.6 Å². The molecular formula is C22H27N5O3S. The lowest BCUT2D eigenvalue weighted by molar-refractivity contribution is 0.0949. The number of amides is 1. The lowest BCUT2D eigenvalue weighted by Crippen LogP contribution is -2.25. The Morgan fingerprint density at radius 3 is 2.52 bits per heavy atom. The molecule has 0 bridgehead atoms. The summed E-state index contributed by atoms with van der Waals surface area (Å²) in [5.41, 5.74) is 1.65. The number of methoxy groups -OCH3 is 2. The molecule has 0 aliphatic heterocycles. The van der Waals surface area contributed by atoms with E-state index in [9.17, 15) is 4.79 Å². The standard InChI is InChI=1S/C22H27N5O3S/c1-15(2)13-27-20(25-26-22(27)31-14-16-7-9-23-10-8-16)12-24-21(28)17-5-6-18(29-3)19(11-17)30-4/h5-11,15H,12-14H2,1-4H3,(H,24,28). The van der Waals surface area contributed by atoms with Gasteiger partial charge < -0.3 is 19.4 Å². The van der Waals surface area contributed by atoms with Gasteiger partial charge in [0.25, 0.3) is 5.91 Å². The van der Waals surface area contributed by atoms with Crippen molar-refractivity contribution in [3.05, 3.63) is 59.7 Å². The summed E-state index contributed by atoms with van der Waals surface area (Å²) in [6, 6.07) is 9.04. The molecule has 0 saturated carbocycles. The van der Waals surface area contributed by atoms with Gasteiger partial charge in [0.1, 0.15) is 0 Å². The van der Waals surface area contributed by atoms with Crippen molar-refractivity contribution in [1.29, 1.82) is 0 Å². The van der Waals surface area contributed by atoms with Crippen LogP contribution in [0, 0.1) is 5.92 Å². The highest BCUT2D eigenvalue weighted by Gasteiger charge is 2.16. The molecule has 0 aliphatic rings. The molecule has 0 radical (unpaired) electrons. The summed E-state index contributed by atoms with van der Waals surface area (Å²) < 4.78 is 12.6. The number of thioether (sulfide) groups is 1. The summed E-state index contributed by atoms with van der Waals surface area (Å²) in [4.78, 5) is 16.7. The largest absolute Gasteiger partial charge is 0.493 e. The Hall–Kier alpha value is -3.07. The molecule has 2 aromatic heterocycles. The van der Waals surface area contributed by atoms with Crippen LogP contribution in [-0.4, -0.2) is 39.9 Å². The van der Waals surface area contributed by atoms with E-state index in [2.05, 4.69) is 38.9 Å². The fourth-order valence-corrected chi connectivity index (χ4v) is 3.89. The average molecular weight is 442 g/mol. The van der Waals surface area contributed by atoms with Gasteiger partial charge in [-0.15, -0.1) is 10.2 Å². The quantitative estimate of drug-likeness (QED) is 0.481. The average Bonchev–Trinajstić information content (AvgIpc) is 3.16. The Morgan fingerprint density at radius 1 is 1.10 bits per heavy atom. The maximum atomic E-state index is 12.7. The first-order valence-electron chi connectivity index (χ1n) is 9.95. The van der Waals surface area contributed by atoms with Crippen molar-refractivity contribution in [2.75, 3.05) is 14.2 Å². The van der Waals surface area contributed by atoms with E-state index in [4.69, 9.17) is 9.47 Å². The third kappa shape index (κ3) is 5.97. The van der Waals surface area contributed by atoms with E-state index in [1.54, 1.807) is 56.6 Å².